The summed E-state index contributed by atoms with van der Waals surface area (Å²) in [6, 6.07) is 23.7. The Morgan fingerprint density at radius 3 is 2.46 bits per heavy atom. The van der Waals surface area contributed by atoms with Crippen LogP contribution in [0.25, 0.3) is 11.3 Å². The average Bonchev–Trinajstić information content (AvgIpc) is 3.49. The third-order valence-corrected chi connectivity index (χ3v) is 6.54. The maximum absolute atomic E-state index is 11.6. The molecule has 0 saturated carbocycles. The van der Waals surface area contributed by atoms with Crippen molar-refractivity contribution in [2.24, 2.45) is 0 Å². The number of anilines is 1. The molecule has 1 aliphatic rings. The molecule has 0 spiro atoms. The highest BCUT2D eigenvalue weighted by atomic mass is 32.1. The number of aromatic nitrogens is 1. The molecule has 1 saturated heterocycles. The Bertz CT molecular complexity index is 1370. The molecule has 3 heterocycles. The van der Waals surface area contributed by atoms with E-state index in [2.05, 4.69) is 48.4 Å². The van der Waals surface area contributed by atoms with Gasteiger partial charge in [-0.1, -0.05) is 44.2 Å². The van der Waals surface area contributed by atoms with Gasteiger partial charge in [0, 0.05) is 18.0 Å². The number of nitrogens with zero attached hydrogens (tertiary/aromatic N) is 3. The van der Waals surface area contributed by atoms with E-state index in [1.54, 1.807) is 30.5 Å². The quantitative estimate of drug-likeness (QED) is 0.189. The summed E-state index contributed by atoms with van der Waals surface area (Å²) in [5.41, 5.74) is 3.42. The van der Waals surface area contributed by atoms with Crippen molar-refractivity contribution < 1.29 is 9.34 Å². The van der Waals surface area contributed by atoms with Crippen LogP contribution in [-0.4, -0.2) is 15.0 Å². The van der Waals surface area contributed by atoms with Crippen LogP contribution >= 0.6 is 12.2 Å². The molecule has 1 aliphatic heterocycles. The molecule has 0 unspecified atom stereocenters. The Hall–Kier alpha value is -4.04. The van der Waals surface area contributed by atoms with Crippen LogP contribution in [0.2, 0.25) is 0 Å². The summed E-state index contributed by atoms with van der Waals surface area (Å²) in [6.45, 7) is 4.31. The second-order valence-electron chi connectivity index (χ2n) is 8.72. The third kappa shape index (κ3) is 4.28. The molecule has 0 radical (unpaired) electrons. The van der Waals surface area contributed by atoms with Gasteiger partial charge in [0.15, 0.2) is 5.11 Å². The number of hydrogen-bond donors (Lipinski definition) is 1. The number of benzene rings is 2. The smallest absolute Gasteiger partial charge is 0.280 e. The molecule has 1 fully saturated rings. The van der Waals surface area contributed by atoms with Crippen molar-refractivity contribution in [3.8, 4) is 11.3 Å². The van der Waals surface area contributed by atoms with Gasteiger partial charge in [-0.15, -0.1) is 0 Å². The summed E-state index contributed by atoms with van der Waals surface area (Å²) in [7, 11) is 0. The monoisotopic (exact) mass is 484 g/mol. The first-order valence-corrected chi connectivity index (χ1v) is 11.8. The molecule has 2 aromatic carbocycles. The number of hydrogen-bond acceptors (Lipinski definition) is 5. The predicted molar refractivity (Wildman–Crippen MR) is 139 cm³/mol. The summed E-state index contributed by atoms with van der Waals surface area (Å²) < 4.78 is 6.28. The molecule has 5 rings (SSSR count). The van der Waals surface area contributed by atoms with Crippen molar-refractivity contribution in [3.05, 3.63) is 112 Å². The third-order valence-electron chi connectivity index (χ3n) is 6.22. The van der Waals surface area contributed by atoms with Crippen LogP contribution in [-0.2, 0) is 0 Å². The zero-order valence-corrected chi connectivity index (χ0v) is 20.1. The first-order valence-electron chi connectivity index (χ1n) is 11.4. The van der Waals surface area contributed by atoms with Crippen molar-refractivity contribution in [2.45, 2.75) is 31.8 Å². The highest BCUT2D eigenvalue weighted by Crippen LogP contribution is 2.43. The Labute approximate surface area is 208 Å². The molecule has 8 heteroatoms. The van der Waals surface area contributed by atoms with E-state index in [-0.39, 0.29) is 17.8 Å². The fourth-order valence-electron chi connectivity index (χ4n) is 4.44. The van der Waals surface area contributed by atoms with Gasteiger partial charge >= 0.3 is 0 Å². The average molecular weight is 485 g/mol. The summed E-state index contributed by atoms with van der Waals surface area (Å²) in [5.74, 6) is 1.48. The highest BCUT2D eigenvalue weighted by molar-refractivity contribution is 7.80. The molecular weight excluding hydrogens is 460 g/mol. The lowest BCUT2D eigenvalue weighted by Crippen LogP contribution is -2.29. The van der Waals surface area contributed by atoms with Crippen molar-refractivity contribution in [2.75, 3.05) is 4.90 Å². The normalized spacial score (nSPS) is 17.6. The molecule has 2 atom stereocenters. The van der Waals surface area contributed by atoms with Gasteiger partial charge in [0.25, 0.3) is 5.69 Å². The molecule has 0 amide bonds. The zero-order chi connectivity index (χ0) is 24.5. The van der Waals surface area contributed by atoms with E-state index in [4.69, 9.17) is 16.6 Å². The van der Waals surface area contributed by atoms with Gasteiger partial charge in [-0.25, -0.2) is 0 Å². The summed E-state index contributed by atoms with van der Waals surface area (Å²) in [4.78, 5) is 17.8. The van der Waals surface area contributed by atoms with Crippen LogP contribution in [0.1, 0.15) is 48.9 Å². The molecule has 0 aliphatic carbocycles. The summed E-state index contributed by atoms with van der Waals surface area (Å²) in [5, 5.41) is 15.5. The minimum absolute atomic E-state index is 0.00382. The fraction of sp³-hybridized carbons (Fsp3) is 0.185. The minimum Gasteiger partial charge on any atom is -0.459 e. The van der Waals surface area contributed by atoms with Gasteiger partial charge in [-0.05, 0) is 66.2 Å². The van der Waals surface area contributed by atoms with E-state index in [0.717, 1.165) is 11.4 Å². The summed E-state index contributed by atoms with van der Waals surface area (Å²) in [6.07, 6.45) is 1.75. The van der Waals surface area contributed by atoms with Crippen LogP contribution < -0.4 is 10.2 Å². The lowest BCUT2D eigenvalue weighted by atomic mass is 10.0. The second-order valence-corrected chi connectivity index (χ2v) is 9.11. The van der Waals surface area contributed by atoms with E-state index < -0.39 is 4.92 Å². The van der Waals surface area contributed by atoms with E-state index in [9.17, 15) is 10.1 Å². The van der Waals surface area contributed by atoms with Gasteiger partial charge in [-0.3, -0.25) is 15.1 Å². The van der Waals surface area contributed by atoms with Crippen LogP contribution in [0.5, 0.6) is 0 Å². The first-order chi connectivity index (χ1) is 16.9. The van der Waals surface area contributed by atoms with E-state index in [1.807, 2.05) is 29.2 Å². The van der Waals surface area contributed by atoms with Gasteiger partial charge in [0.1, 0.15) is 17.6 Å². The number of rotatable bonds is 6. The standard InChI is InChI=1S/C27H24N4O3S/c1-17(2)18-10-12-19(13-11-18)30-26(25(29-27(30)35)21-8-5-6-16-28-21)24-15-14-23(34-24)20-7-3-4-9-22(20)31(32)33/h3-17,25-26H,1-2H3,(H,29,35)/t25-,26+/m0/s1. The number of nitro groups is 1. The Morgan fingerprint density at radius 2 is 1.77 bits per heavy atom. The van der Waals surface area contributed by atoms with Crippen LogP contribution in [0.15, 0.2) is 89.5 Å². The topological polar surface area (TPSA) is 84.4 Å². The maximum Gasteiger partial charge on any atom is 0.280 e. The lowest BCUT2D eigenvalue weighted by molar-refractivity contribution is -0.384. The number of pyridine rings is 1. The number of para-hydroxylation sites is 1. The molecule has 0 bridgehead atoms. The van der Waals surface area contributed by atoms with Crippen molar-refractivity contribution in [1.82, 2.24) is 10.3 Å². The number of thiocarbonyl (C=S) groups is 1. The van der Waals surface area contributed by atoms with Crippen LogP contribution in [0, 0.1) is 10.1 Å². The Balaban J connectivity index is 1.60. The predicted octanol–water partition coefficient (Wildman–Crippen LogP) is 6.55. The van der Waals surface area contributed by atoms with Crippen LogP contribution in [0.3, 0.4) is 0 Å². The van der Waals surface area contributed by atoms with Gasteiger partial charge in [0.05, 0.1) is 22.2 Å². The van der Waals surface area contributed by atoms with Gasteiger partial charge in [-0.2, -0.15) is 0 Å². The first kappa shape index (κ1) is 22.7. The SMILES string of the molecule is CC(C)c1ccc(N2C(=S)N[C@@H](c3ccccn3)[C@H]2c2ccc(-c3ccccc3[N+](=O)[O-])o2)cc1. The summed E-state index contributed by atoms with van der Waals surface area (Å²) >= 11 is 5.77. The largest absolute Gasteiger partial charge is 0.459 e. The number of nitro benzene ring substituents is 1. The molecule has 2 aromatic heterocycles. The minimum atomic E-state index is -0.400. The molecule has 7 nitrogen and oxygen atoms in total. The van der Waals surface area contributed by atoms with Gasteiger partial charge < -0.3 is 14.6 Å². The lowest BCUT2D eigenvalue weighted by Gasteiger charge is -2.26. The van der Waals surface area contributed by atoms with Crippen molar-refractivity contribution >= 4 is 28.7 Å². The number of furan rings is 1. The Kier molecular flexibility index (Phi) is 6.05. The van der Waals surface area contributed by atoms with Crippen molar-refractivity contribution in [1.29, 1.82) is 0 Å². The fourth-order valence-corrected chi connectivity index (χ4v) is 4.79. The Morgan fingerprint density at radius 1 is 1.03 bits per heavy atom. The highest BCUT2D eigenvalue weighted by Gasteiger charge is 2.42. The van der Waals surface area contributed by atoms with E-state index in [0.29, 0.717) is 28.1 Å². The second kappa shape index (κ2) is 9.31. The molecule has 4 aromatic rings. The van der Waals surface area contributed by atoms with E-state index >= 15 is 0 Å². The molecule has 176 valence electrons. The van der Waals surface area contributed by atoms with Gasteiger partial charge in [0.2, 0.25) is 0 Å². The maximum atomic E-state index is 11.6. The number of nitrogens with one attached hydrogen (secondary N) is 1. The zero-order valence-electron chi connectivity index (χ0n) is 19.3. The molecule has 35 heavy (non-hydrogen) atoms. The molecule has 1 N–H and O–H groups in total. The van der Waals surface area contributed by atoms with Crippen LogP contribution in [0.4, 0.5) is 11.4 Å². The van der Waals surface area contributed by atoms with E-state index in [1.165, 1.54) is 11.6 Å². The molecular formula is C27H24N4O3S. The van der Waals surface area contributed by atoms with Crippen molar-refractivity contribution in [3.63, 3.8) is 0 Å².